The van der Waals surface area contributed by atoms with E-state index >= 15 is 0 Å². The van der Waals surface area contributed by atoms with E-state index in [-0.39, 0.29) is 17.6 Å². The van der Waals surface area contributed by atoms with Gasteiger partial charge in [-0.25, -0.2) is 0 Å². The Bertz CT molecular complexity index is 1120. The van der Waals surface area contributed by atoms with E-state index in [9.17, 15) is 9.59 Å². The molecule has 2 amide bonds. The molecule has 10 heteroatoms. The summed E-state index contributed by atoms with van der Waals surface area (Å²) in [6, 6.07) is 13.8. The first-order valence-electron chi connectivity index (χ1n) is 10.1. The fourth-order valence-electron chi connectivity index (χ4n) is 2.98. The zero-order chi connectivity index (χ0) is 23.8. The second-order valence-corrected chi connectivity index (χ2v) is 8.87. The van der Waals surface area contributed by atoms with Crippen molar-refractivity contribution in [3.63, 3.8) is 0 Å². The molecule has 0 saturated heterocycles. The number of halogens is 1. The maximum Gasteiger partial charge on any atom is 0.251 e. The number of rotatable bonds is 10. The Morgan fingerprint density at radius 2 is 1.88 bits per heavy atom. The molecule has 172 valence electrons. The van der Waals surface area contributed by atoms with Crippen molar-refractivity contribution in [2.24, 2.45) is 0 Å². The van der Waals surface area contributed by atoms with Crippen LogP contribution in [0.25, 0.3) is 0 Å². The highest BCUT2D eigenvalue weighted by molar-refractivity contribution is 9.10. The third-order valence-corrected chi connectivity index (χ3v) is 6.10. The van der Waals surface area contributed by atoms with Gasteiger partial charge in [0.1, 0.15) is 5.75 Å². The van der Waals surface area contributed by atoms with E-state index < -0.39 is 6.04 Å². The fourth-order valence-corrected chi connectivity index (χ4v) is 3.99. The van der Waals surface area contributed by atoms with Gasteiger partial charge in [0.15, 0.2) is 11.0 Å². The van der Waals surface area contributed by atoms with E-state index in [4.69, 9.17) is 4.74 Å². The monoisotopic (exact) mass is 529 g/mol. The molecule has 3 aromatic rings. The van der Waals surface area contributed by atoms with Crippen molar-refractivity contribution < 1.29 is 14.3 Å². The van der Waals surface area contributed by atoms with Gasteiger partial charge in [0, 0.05) is 22.3 Å². The van der Waals surface area contributed by atoms with Crippen LogP contribution in [0.5, 0.6) is 5.75 Å². The van der Waals surface area contributed by atoms with E-state index in [0.29, 0.717) is 34.5 Å². The van der Waals surface area contributed by atoms with Crippen LogP contribution < -0.4 is 15.4 Å². The Morgan fingerprint density at radius 3 is 2.52 bits per heavy atom. The number of hydrogen-bond donors (Lipinski definition) is 2. The number of thioether (sulfide) groups is 1. The molecule has 3 rings (SSSR count). The van der Waals surface area contributed by atoms with E-state index in [2.05, 4.69) is 43.3 Å². The van der Waals surface area contributed by atoms with Gasteiger partial charge in [-0.1, -0.05) is 33.8 Å². The molecule has 0 radical (unpaired) electrons. The number of amides is 2. The Labute approximate surface area is 204 Å². The van der Waals surface area contributed by atoms with Crippen molar-refractivity contribution >= 4 is 45.2 Å². The number of benzene rings is 2. The molecule has 8 nitrogen and oxygen atoms in total. The first-order chi connectivity index (χ1) is 15.9. The predicted molar refractivity (Wildman–Crippen MR) is 133 cm³/mol. The van der Waals surface area contributed by atoms with Gasteiger partial charge in [-0.3, -0.25) is 9.59 Å². The molecule has 2 aromatic carbocycles. The van der Waals surface area contributed by atoms with Crippen LogP contribution in [0, 0.1) is 0 Å². The number of allylic oxidation sites excluding steroid dienone is 1. The average Bonchev–Trinajstić information content (AvgIpc) is 3.22. The minimum absolute atomic E-state index is 0.155. The lowest BCUT2D eigenvalue weighted by Gasteiger charge is -2.15. The molecule has 0 fully saturated rings. The fraction of sp³-hybridized carbons (Fsp3) is 0.217. The molecule has 1 atom stereocenters. The summed E-state index contributed by atoms with van der Waals surface area (Å²) in [6.07, 6.45) is 1.72. The molecule has 0 aliphatic carbocycles. The Kier molecular flexibility index (Phi) is 8.67. The standard InChI is InChI=1S/C23H24BrN5O3S/c1-4-13-29-21(15(2)25-22(31)16-5-11-19(32-3)12-6-16)27-28-23(29)33-14-20(30)26-18-9-7-17(24)8-10-18/h4-12,15H,1,13-14H2,2-3H3,(H,25,31)(H,26,30)/t15-/m0/s1. The van der Waals surface area contributed by atoms with Gasteiger partial charge < -0.3 is 19.9 Å². The van der Waals surface area contributed by atoms with Crippen LogP contribution in [0.1, 0.15) is 29.1 Å². The number of carbonyl (C=O) groups is 2. The lowest BCUT2D eigenvalue weighted by molar-refractivity contribution is -0.113. The number of carbonyl (C=O) groups excluding carboxylic acids is 2. The lowest BCUT2D eigenvalue weighted by Crippen LogP contribution is -2.28. The van der Waals surface area contributed by atoms with E-state index in [1.54, 1.807) is 37.5 Å². The highest BCUT2D eigenvalue weighted by Crippen LogP contribution is 2.22. The van der Waals surface area contributed by atoms with Gasteiger partial charge in [0.05, 0.1) is 18.9 Å². The summed E-state index contributed by atoms with van der Waals surface area (Å²) in [7, 11) is 1.57. The third-order valence-electron chi connectivity index (χ3n) is 4.60. The largest absolute Gasteiger partial charge is 0.497 e. The minimum Gasteiger partial charge on any atom is -0.497 e. The van der Waals surface area contributed by atoms with Crippen molar-refractivity contribution in [3.8, 4) is 5.75 Å². The molecule has 0 aliphatic heterocycles. The summed E-state index contributed by atoms with van der Waals surface area (Å²) in [5.41, 5.74) is 1.23. The number of aromatic nitrogens is 3. The quantitative estimate of drug-likeness (QED) is 0.297. The Balaban J connectivity index is 1.64. The summed E-state index contributed by atoms with van der Waals surface area (Å²) >= 11 is 4.64. The molecular formula is C23H24BrN5O3S. The topological polar surface area (TPSA) is 98.1 Å². The average molecular weight is 530 g/mol. The minimum atomic E-state index is -0.405. The van der Waals surface area contributed by atoms with Crippen LogP contribution in [0.3, 0.4) is 0 Å². The van der Waals surface area contributed by atoms with Gasteiger partial charge in [0.25, 0.3) is 5.91 Å². The van der Waals surface area contributed by atoms with Crippen molar-refractivity contribution in [2.75, 3.05) is 18.2 Å². The molecule has 1 heterocycles. The summed E-state index contributed by atoms with van der Waals surface area (Å²) in [6.45, 7) is 6.07. The maximum absolute atomic E-state index is 12.6. The van der Waals surface area contributed by atoms with Gasteiger partial charge >= 0.3 is 0 Å². The molecule has 0 bridgehead atoms. The zero-order valence-corrected chi connectivity index (χ0v) is 20.6. The molecular weight excluding hydrogens is 506 g/mol. The van der Waals surface area contributed by atoms with Gasteiger partial charge in [-0.05, 0) is 55.5 Å². The third kappa shape index (κ3) is 6.69. The first-order valence-corrected chi connectivity index (χ1v) is 11.9. The van der Waals surface area contributed by atoms with Crippen LogP contribution in [0.15, 0.2) is 70.8 Å². The number of hydrogen-bond acceptors (Lipinski definition) is 6. The van der Waals surface area contributed by atoms with E-state index in [0.717, 1.165) is 4.47 Å². The predicted octanol–water partition coefficient (Wildman–Crippen LogP) is 4.46. The second-order valence-electron chi connectivity index (χ2n) is 7.01. The summed E-state index contributed by atoms with van der Waals surface area (Å²) in [5, 5.41) is 14.8. The normalized spacial score (nSPS) is 11.5. The zero-order valence-electron chi connectivity index (χ0n) is 18.2. The molecule has 0 unspecified atom stereocenters. The number of ether oxygens (including phenoxy) is 1. The molecule has 1 aromatic heterocycles. The summed E-state index contributed by atoms with van der Waals surface area (Å²) in [5.74, 6) is 1.03. The molecule has 0 aliphatic rings. The summed E-state index contributed by atoms with van der Waals surface area (Å²) in [4.78, 5) is 25.0. The highest BCUT2D eigenvalue weighted by Gasteiger charge is 2.20. The van der Waals surface area contributed by atoms with Crippen molar-refractivity contribution in [2.45, 2.75) is 24.7 Å². The number of nitrogens with zero attached hydrogens (tertiary/aromatic N) is 3. The van der Waals surface area contributed by atoms with Crippen LogP contribution in [-0.4, -0.2) is 39.4 Å². The van der Waals surface area contributed by atoms with Crippen molar-refractivity contribution in [1.29, 1.82) is 0 Å². The van der Waals surface area contributed by atoms with Crippen LogP contribution in [0.4, 0.5) is 5.69 Å². The van der Waals surface area contributed by atoms with E-state index in [1.165, 1.54) is 11.8 Å². The van der Waals surface area contributed by atoms with E-state index in [1.807, 2.05) is 35.8 Å². The summed E-state index contributed by atoms with van der Waals surface area (Å²) < 4.78 is 7.90. The van der Waals surface area contributed by atoms with Crippen LogP contribution in [0.2, 0.25) is 0 Å². The molecule has 2 N–H and O–H groups in total. The van der Waals surface area contributed by atoms with Crippen molar-refractivity contribution in [1.82, 2.24) is 20.1 Å². The smallest absolute Gasteiger partial charge is 0.251 e. The highest BCUT2D eigenvalue weighted by atomic mass is 79.9. The first kappa shape index (κ1) is 24.5. The van der Waals surface area contributed by atoms with Gasteiger partial charge in [-0.2, -0.15) is 0 Å². The van der Waals surface area contributed by atoms with Crippen LogP contribution >= 0.6 is 27.7 Å². The van der Waals surface area contributed by atoms with Crippen LogP contribution in [-0.2, 0) is 11.3 Å². The maximum atomic E-state index is 12.6. The molecule has 0 saturated carbocycles. The second kappa shape index (κ2) is 11.7. The van der Waals surface area contributed by atoms with Gasteiger partial charge in [-0.15, -0.1) is 16.8 Å². The Hall–Kier alpha value is -3.11. The Morgan fingerprint density at radius 1 is 1.18 bits per heavy atom. The number of methoxy groups -OCH3 is 1. The van der Waals surface area contributed by atoms with Crippen molar-refractivity contribution in [3.05, 3.63) is 77.0 Å². The number of anilines is 1. The lowest BCUT2D eigenvalue weighted by atomic mass is 10.2. The number of nitrogens with one attached hydrogen (secondary N) is 2. The van der Waals surface area contributed by atoms with Gasteiger partial charge in [0.2, 0.25) is 5.91 Å². The SMILES string of the molecule is C=CCn1c(SCC(=O)Nc2ccc(Br)cc2)nnc1[C@H](C)NC(=O)c1ccc(OC)cc1. The molecule has 0 spiro atoms. The molecule has 33 heavy (non-hydrogen) atoms.